The highest BCUT2D eigenvalue weighted by atomic mass is 19.4. The van der Waals surface area contributed by atoms with E-state index in [9.17, 15) is 41.4 Å². The first-order valence-corrected chi connectivity index (χ1v) is 9.19. The molecule has 3 heterocycles. The van der Waals surface area contributed by atoms with Crippen molar-refractivity contribution in [2.75, 3.05) is 18.0 Å². The summed E-state index contributed by atoms with van der Waals surface area (Å²) in [6.07, 6.45) is -11.5. The van der Waals surface area contributed by atoms with E-state index >= 15 is 0 Å². The van der Waals surface area contributed by atoms with Gasteiger partial charge in [-0.2, -0.15) is 26.3 Å². The summed E-state index contributed by atoms with van der Waals surface area (Å²) in [5.41, 5.74) is -1.59. The number of nitrogens with zero attached hydrogens (tertiary/aromatic N) is 3. The fourth-order valence-electron chi connectivity index (χ4n) is 3.67. The number of hydrogen-bond acceptors (Lipinski definition) is 8. The van der Waals surface area contributed by atoms with E-state index in [0.717, 1.165) is 6.20 Å². The summed E-state index contributed by atoms with van der Waals surface area (Å²) in [5.74, 6) is -3.18. The maximum absolute atomic E-state index is 13.6. The number of halogens is 6. The number of amides is 1. The molecule has 6 N–H and O–H groups in total. The summed E-state index contributed by atoms with van der Waals surface area (Å²) in [5, 5.41) is 30.1. The lowest BCUT2D eigenvalue weighted by molar-refractivity contribution is -0.270. The van der Waals surface area contributed by atoms with Crippen LogP contribution in [0.5, 0.6) is 0 Å². The predicted molar refractivity (Wildman–Crippen MR) is 96.1 cm³/mol. The lowest BCUT2D eigenvalue weighted by atomic mass is 9.76. The minimum atomic E-state index is -5.51. The number of nitrogens with one attached hydrogen (secondary N) is 2. The van der Waals surface area contributed by atoms with Crippen LogP contribution in [0.3, 0.4) is 0 Å². The summed E-state index contributed by atoms with van der Waals surface area (Å²) >= 11 is 0. The largest absolute Gasteiger partial charge is 0.434 e. The van der Waals surface area contributed by atoms with Gasteiger partial charge in [0.05, 0.1) is 18.0 Å². The number of carbonyl (C=O) groups is 1. The predicted octanol–water partition coefficient (Wildman–Crippen LogP) is 0.686. The molecular weight excluding hydrogens is 450 g/mol. The minimum absolute atomic E-state index is 0.0658. The van der Waals surface area contributed by atoms with Gasteiger partial charge in [0.1, 0.15) is 11.6 Å². The summed E-state index contributed by atoms with van der Waals surface area (Å²) in [6, 6.07) is 0. The highest BCUT2D eigenvalue weighted by molar-refractivity contribution is 6.05. The maximum atomic E-state index is 13.6. The van der Waals surface area contributed by atoms with E-state index in [1.54, 1.807) is 4.90 Å². The molecule has 0 radical (unpaired) electrons. The first-order chi connectivity index (χ1) is 14.7. The van der Waals surface area contributed by atoms with Crippen molar-refractivity contribution in [3.05, 3.63) is 29.5 Å². The van der Waals surface area contributed by atoms with Gasteiger partial charge in [-0.1, -0.05) is 0 Å². The number of piperidine rings is 1. The molecule has 176 valence electrons. The van der Waals surface area contributed by atoms with Crippen LogP contribution in [0.4, 0.5) is 32.2 Å². The smallest absolute Gasteiger partial charge is 0.385 e. The van der Waals surface area contributed by atoms with E-state index in [1.807, 2.05) is 5.32 Å². The Hall–Kier alpha value is -2.94. The molecule has 1 amide bonds. The maximum Gasteiger partial charge on any atom is 0.434 e. The Morgan fingerprint density at radius 1 is 1.19 bits per heavy atom. The number of carbonyl (C=O) groups excluding carboxylic acids is 1. The Kier molecular flexibility index (Phi) is 5.84. The first kappa shape index (κ1) is 23.7. The van der Waals surface area contributed by atoms with Gasteiger partial charge in [0.2, 0.25) is 5.60 Å². The third-order valence-corrected chi connectivity index (χ3v) is 5.41. The Bertz CT molecular complexity index is 940. The molecule has 0 saturated carbocycles. The number of nitrogens with two attached hydrogens (primary N) is 1. The highest BCUT2D eigenvalue weighted by Crippen LogP contribution is 2.43. The summed E-state index contributed by atoms with van der Waals surface area (Å²) < 4.78 is 78.7. The molecule has 1 aromatic heterocycles. The van der Waals surface area contributed by atoms with Crippen LogP contribution in [0.1, 0.15) is 18.5 Å². The van der Waals surface area contributed by atoms with Gasteiger partial charge in [-0.25, -0.2) is 9.97 Å². The Labute approximate surface area is 176 Å². The average Bonchev–Trinajstić information content (AvgIpc) is 2.71. The minimum Gasteiger partial charge on any atom is -0.385 e. The van der Waals surface area contributed by atoms with Crippen LogP contribution in [0.15, 0.2) is 23.8 Å². The monoisotopic (exact) mass is 468 g/mol. The Morgan fingerprint density at radius 2 is 1.78 bits per heavy atom. The van der Waals surface area contributed by atoms with Crippen LogP contribution in [-0.2, 0) is 11.0 Å². The van der Waals surface area contributed by atoms with E-state index in [4.69, 9.17) is 11.1 Å². The van der Waals surface area contributed by atoms with Crippen LogP contribution in [0.2, 0.25) is 0 Å². The quantitative estimate of drug-likeness (QED) is 0.324. The highest BCUT2D eigenvalue weighted by Gasteiger charge is 2.66. The average molecular weight is 468 g/mol. The van der Waals surface area contributed by atoms with E-state index in [2.05, 4.69) is 9.97 Å². The van der Waals surface area contributed by atoms with Gasteiger partial charge in [0.15, 0.2) is 11.8 Å². The zero-order chi connectivity index (χ0) is 24.1. The number of rotatable bonds is 3. The van der Waals surface area contributed by atoms with Crippen molar-refractivity contribution in [2.45, 2.75) is 36.9 Å². The molecule has 9 nitrogen and oxygen atoms in total. The SMILES string of the molecule is N=C(C1=C(N)NC(=O)C(O)C1(O)C(F)(F)F)C1CCN(c2cnc(C(F)(F)F)cn2)CC1. The zero-order valence-electron chi connectivity index (χ0n) is 16.1. The van der Waals surface area contributed by atoms with Crippen molar-refractivity contribution in [2.24, 2.45) is 11.7 Å². The molecule has 2 aliphatic heterocycles. The van der Waals surface area contributed by atoms with Gasteiger partial charge >= 0.3 is 12.4 Å². The van der Waals surface area contributed by atoms with Gasteiger partial charge in [-0.05, 0) is 12.8 Å². The van der Waals surface area contributed by atoms with Crippen molar-refractivity contribution < 1.29 is 41.4 Å². The van der Waals surface area contributed by atoms with Crippen molar-refractivity contribution in [1.82, 2.24) is 15.3 Å². The fraction of sp³-hybridized carbons (Fsp3) is 0.529. The standard InChI is InChI=1S/C17H18F6N6O3/c18-16(19,20)8-5-27-9(6-26-8)29-3-1-7(2-4-29)11(24)10-13(25)28-14(31)12(30)15(10,32)17(21,22)23/h5-7,12,24,30,32H,1-4,25H2,(H,28,31). The Morgan fingerprint density at radius 3 is 2.25 bits per heavy atom. The number of hydrogen-bond donors (Lipinski definition) is 5. The Balaban J connectivity index is 1.78. The van der Waals surface area contributed by atoms with Crippen molar-refractivity contribution in [3.8, 4) is 0 Å². The summed E-state index contributed by atoms with van der Waals surface area (Å²) in [4.78, 5) is 20.2. The number of aliphatic hydroxyl groups excluding tert-OH is 1. The van der Waals surface area contributed by atoms with Gasteiger partial charge in [0.25, 0.3) is 5.91 Å². The molecular formula is C17H18F6N6O3. The molecule has 1 fully saturated rings. The first-order valence-electron chi connectivity index (χ1n) is 9.19. The molecule has 2 unspecified atom stereocenters. The molecule has 3 rings (SSSR count). The molecule has 0 aromatic carbocycles. The number of aromatic nitrogens is 2. The van der Waals surface area contributed by atoms with E-state index in [1.165, 1.54) is 0 Å². The van der Waals surface area contributed by atoms with Gasteiger partial charge in [-0.15, -0.1) is 0 Å². The van der Waals surface area contributed by atoms with E-state index in [-0.39, 0.29) is 31.7 Å². The number of anilines is 1. The van der Waals surface area contributed by atoms with Gasteiger partial charge in [0, 0.05) is 24.7 Å². The topological polar surface area (TPSA) is 148 Å². The molecule has 15 heteroatoms. The number of alkyl halides is 6. The second kappa shape index (κ2) is 7.88. The lowest BCUT2D eigenvalue weighted by Crippen LogP contribution is -2.67. The molecule has 2 aliphatic rings. The second-order valence-corrected chi connectivity index (χ2v) is 7.38. The summed E-state index contributed by atoms with van der Waals surface area (Å²) in [6.45, 7) is 0.221. The van der Waals surface area contributed by atoms with Crippen LogP contribution >= 0.6 is 0 Å². The molecule has 2 atom stereocenters. The van der Waals surface area contributed by atoms with Crippen LogP contribution in [0.25, 0.3) is 0 Å². The van der Waals surface area contributed by atoms with Crippen molar-refractivity contribution in [3.63, 3.8) is 0 Å². The van der Waals surface area contributed by atoms with E-state index < -0.39 is 58.7 Å². The summed E-state index contributed by atoms with van der Waals surface area (Å²) in [7, 11) is 0. The van der Waals surface area contributed by atoms with Gasteiger partial charge < -0.3 is 31.6 Å². The fourth-order valence-corrected chi connectivity index (χ4v) is 3.67. The van der Waals surface area contributed by atoms with Crippen molar-refractivity contribution >= 4 is 17.4 Å². The van der Waals surface area contributed by atoms with Crippen LogP contribution < -0.4 is 16.0 Å². The lowest BCUT2D eigenvalue weighted by Gasteiger charge is -2.42. The van der Waals surface area contributed by atoms with Gasteiger partial charge in [-0.3, -0.25) is 4.79 Å². The van der Waals surface area contributed by atoms with Crippen LogP contribution in [-0.4, -0.2) is 62.8 Å². The molecule has 0 spiro atoms. The normalized spacial score (nSPS) is 25.7. The second-order valence-electron chi connectivity index (χ2n) is 7.38. The molecule has 1 aromatic rings. The number of aliphatic hydroxyl groups is 2. The third kappa shape index (κ3) is 3.97. The van der Waals surface area contributed by atoms with Crippen LogP contribution in [0, 0.1) is 11.3 Å². The zero-order valence-corrected chi connectivity index (χ0v) is 16.1. The van der Waals surface area contributed by atoms with E-state index in [0.29, 0.717) is 6.20 Å². The molecule has 0 bridgehead atoms. The van der Waals surface area contributed by atoms with Crippen molar-refractivity contribution in [1.29, 1.82) is 5.41 Å². The molecule has 0 aliphatic carbocycles. The molecule has 1 saturated heterocycles. The third-order valence-electron chi connectivity index (χ3n) is 5.41. The molecule has 32 heavy (non-hydrogen) atoms.